The lowest BCUT2D eigenvalue weighted by atomic mass is 9.74. The summed E-state index contributed by atoms with van der Waals surface area (Å²) in [4.78, 5) is 27.1. The standard InChI is InChI=1S/C22H27F2N3O4/c1-3-30-20(28)19-16(12-25-26-19)13-27-9-5-8-22(14-27,21(29)31-4-2)11-15-6-7-17(23)10-18(15)24/h6-7,10,12H,3-5,8-9,11,13-14H2,1-2H3,(H,25,26)/t22-/m0/s1. The fraction of sp³-hybridized carbons (Fsp3) is 0.500. The van der Waals surface area contributed by atoms with Crippen molar-refractivity contribution in [3.05, 3.63) is 52.9 Å². The van der Waals surface area contributed by atoms with Crippen LogP contribution in [0.4, 0.5) is 8.78 Å². The molecule has 0 amide bonds. The number of likely N-dealkylation sites (tertiary alicyclic amines) is 1. The zero-order valence-electron chi connectivity index (χ0n) is 17.7. The number of hydrogen-bond acceptors (Lipinski definition) is 6. The van der Waals surface area contributed by atoms with E-state index in [-0.39, 0.29) is 30.9 Å². The van der Waals surface area contributed by atoms with E-state index >= 15 is 0 Å². The number of ether oxygens (including phenoxy) is 2. The van der Waals surface area contributed by atoms with E-state index in [1.165, 1.54) is 12.1 Å². The van der Waals surface area contributed by atoms with Crippen molar-refractivity contribution in [1.29, 1.82) is 0 Å². The summed E-state index contributed by atoms with van der Waals surface area (Å²) in [5.74, 6) is -2.23. The summed E-state index contributed by atoms with van der Waals surface area (Å²) in [6.45, 7) is 5.29. The molecule has 0 saturated carbocycles. The summed E-state index contributed by atoms with van der Waals surface area (Å²) in [7, 11) is 0. The molecule has 1 saturated heterocycles. The Kier molecular flexibility index (Phi) is 7.37. The van der Waals surface area contributed by atoms with E-state index in [9.17, 15) is 18.4 Å². The highest BCUT2D eigenvalue weighted by atomic mass is 19.1. The number of carbonyl (C=O) groups excluding carboxylic acids is 2. The quantitative estimate of drug-likeness (QED) is 0.641. The number of benzene rings is 1. The zero-order chi connectivity index (χ0) is 22.4. The minimum absolute atomic E-state index is 0.102. The lowest BCUT2D eigenvalue weighted by Gasteiger charge is -2.41. The van der Waals surface area contributed by atoms with E-state index in [0.29, 0.717) is 38.0 Å². The summed E-state index contributed by atoms with van der Waals surface area (Å²) in [5.41, 5.74) is 0.234. The monoisotopic (exact) mass is 435 g/mol. The van der Waals surface area contributed by atoms with E-state index < -0.39 is 29.0 Å². The van der Waals surface area contributed by atoms with Gasteiger partial charge in [-0.15, -0.1) is 0 Å². The molecule has 0 spiro atoms. The fourth-order valence-electron chi connectivity index (χ4n) is 4.11. The van der Waals surface area contributed by atoms with Crippen LogP contribution in [0.15, 0.2) is 24.4 Å². The summed E-state index contributed by atoms with van der Waals surface area (Å²) in [6, 6.07) is 3.39. The lowest BCUT2D eigenvalue weighted by Crippen LogP contribution is -2.49. The van der Waals surface area contributed by atoms with Crippen molar-refractivity contribution in [2.24, 2.45) is 5.41 Å². The number of carbonyl (C=O) groups is 2. The van der Waals surface area contributed by atoms with E-state index in [4.69, 9.17) is 9.47 Å². The Morgan fingerprint density at radius 1 is 1.19 bits per heavy atom. The van der Waals surface area contributed by atoms with Crippen LogP contribution in [0, 0.1) is 17.0 Å². The first kappa shape index (κ1) is 22.9. The van der Waals surface area contributed by atoms with Crippen LogP contribution in [0.5, 0.6) is 0 Å². The van der Waals surface area contributed by atoms with E-state index in [0.717, 1.165) is 6.07 Å². The van der Waals surface area contributed by atoms with Crippen molar-refractivity contribution in [3.8, 4) is 0 Å². The molecule has 1 atom stereocenters. The van der Waals surface area contributed by atoms with Gasteiger partial charge in [0.2, 0.25) is 0 Å². The molecule has 0 unspecified atom stereocenters. The highest BCUT2D eigenvalue weighted by Gasteiger charge is 2.44. The predicted molar refractivity (Wildman–Crippen MR) is 108 cm³/mol. The normalized spacial score (nSPS) is 19.2. The summed E-state index contributed by atoms with van der Waals surface area (Å²) in [5, 5.41) is 6.62. The molecule has 0 bridgehead atoms. The van der Waals surface area contributed by atoms with Crippen LogP contribution < -0.4 is 0 Å². The second-order valence-electron chi connectivity index (χ2n) is 7.72. The summed E-state index contributed by atoms with van der Waals surface area (Å²) >= 11 is 0. The molecule has 2 aromatic rings. The third-order valence-electron chi connectivity index (χ3n) is 5.50. The van der Waals surface area contributed by atoms with E-state index in [1.54, 1.807) is 20.0 Å². The third-order valence-corrected chi connectivity index (χ3v) is 5.50. The molecule has 0 aliphatic carbocycles. The van der Waals surface area contributed by atoms with Crippen LogP contribution >= 0.6 is 0 Å². The summed E-state index contributed by atoms with van der Waals surface area (Å²) < 4.78 is 38.1. The van der Waals surface area contributed by atoms with Gasteiger partial charge in [0.05, 0.1) is 24.8 Å². The van der Waals surface area contributed by atoms with Crippen molar-refractivity contribution >= 4 is 11.9 Å². The van der Waals surface area contributed by atoms with Crippen molar-refractivity contribution in [2.45, 2.75) is 39.7 Å². The minimum Gasteiger partial charge on any atom is -0.466 e. The second-order valence-corrected chi connectivity index (χ2v) is 7.72. The molecule has 3 rings (SSSR count). The first-order chi connectivity index (χ1) is 14.9. The maximum Gasteiger partial charge on any atom is 0.356 e. The number of nitrogens with one attached hydrogen (secondary N) is 1. The molecule has 0 radical (unpaired) electrons. The van der Waals surface area contributed by atoms with Gasteiger partial charge in [-0.1, -0.05) is 6.07 Å². The van der Waals surface area contributed by atoms with Gasteiger partial charge in [-0.3, -0.25) is 14.8 Å². The van der Waals surface area contributed by atoms with E-state index in [1.807, 2.05) is 4.90 Å². The Hall–Kier alpha value is -2.81. The van der Waals surface area contributed by atoms with Crippen molar-refractivity contribution in [2.75, 3.05) is 26.3 Å². The van der Waals surface area contributed by atoms with Gasteiger partial charge in [-0.2, -0.15) is 5.10 Å². The number of piperidine rings is 1. The molecule has 1 aliphatic heterocycles. The zero-order valence-corrected chi connectivity index (χ0v) is 17.7. The number of esters is 2. The third kappa shape index (κ3) is 5.28. The minimum atomic E-state index is -0.971. The number of aromatic nitrogens is 2. The van der Waals surface area contributed by atoms with E-state index in [2.05, 4.69) is 10.2 Å². The Bertz CT molecular complexity index is 933. The molecule has 1 aromatic heterocycles. The molecular weight excluding hydrogens is 408 g/mol. The number of halogens is 2. The van der Waals surface area contributed by atoms with Gasteiger partial charge in [0.1, 0.15) is 17.3 Å². The first-order valence-electron chi connectivity index (χ1n) is 10.4. The Balaban J connectivity index is 1.83. The Labute approximate surface area is 179 Å². The maximum absolute atomic E-state index is 14.4. The summed E-state index contributed by atoms with van der Waals surface area (Å²) in [6.07, 6.45) is 2.88. The predicted octanol–water partition coefficient (Wildman–Crippen LogP) is 3.25. The smallest absolute Gasteiger partial charge is 0.356 e. The van der Waals surface area contributed by atoms with Gasteiger partial charge < -0.3 is 9.47 Å². The van der Waals surface area contributed by atoms with Gasteiger partial charge >= 0.3 is 11.9 Å². The van der Waals surface area contributed by atoms with Crippen molar-refractivity contribution in [1.82, 2.24) is 15.1 Å². The van der Waals surface area contributed by atoms with Gasteiger partial charge in [-0.05, 0) is 51.3 Å². The van der Waals surface area contributed by atoms with Gasteiger partial charge in [-0.25, -0.2) is 13.6 Å². The first-order valence-corrected chi connectivity index (χ1v) is 10.4. The fourth-order valence-corrected chi connectivity index (χ4v) is 4.11. The highest BCUT2D eigenvalue weighted by Crippen LogP contribution is 2.36. The Morgan fingerprint density at radius 3 is 2.68 bits per heavy atom. The van der Waals surface area contributed by atoms with Gasteiger partial charge in [0, 0.05) is 24.7 Å². The number of nitrogens with zero attached hydrogens (tertiary/aromatic N) is 2. The largest absolute Gasteiger partial charge is 0.466 e. The number of aromatic amines is 1. The van der Waals surface area contributed by atoms with Crippen LogP contribution in [0.3, 0.4) is 0 Å². The van der Waals surface area contributed by atoms with Crippen LogP contribution in [0.25, 0.3) is 0 Å². The maximum atomic E-state index is 14.4. The molecule has 2 heterocycles. The number of H-pyrrole nitrogens is 1. The molecule has 31 heavy (non-hydrogen) atoms. The molecular formula is C22H27F2N3O4. The number of rotatable bonds is 8. The molecule has 7 nitrogen and oxygen atoms in total. The molecule has 1 N–H and O–H groups in total. The van der Waals surface area contributed by atoms with Crippen LogP contribution in [-0.2, 0) is 27.2 Å². The van der Waals surface area contributed by atoms with Crippen LogP contribution in [0.2, 0.25) is 0 Å². The topological polar surface area (TPSA) is 84.5 Å². The average Bonchev–Trinajstić information content (AvgIpc) is 3.19. The SMILES string of the molecule is CCOC(=O)c1[nH]ncc1CN1CCC[C@@](Cc2ccc(F)cc2F)(C(=O)OCC)C1. The van der Waals surface area contributed by atoms with Crippen molar-refractivity contribution < 1.29 is 27.8 Å². The lowest BCUT2D eigenvalue weighted by molar-refractivity contribution is -0.159. The molecule has 1 aliphatic rings. The Morgan fingerprint density at radius 2 is 1.97 bits per heavy atom. The average molecular weight is 435 g/mol. The number of hydrogen-bond donors (Lipinski definition) is 1. The second kappa shape index (κ2) is 10.00. The van der Waals surface area contributed by atoms with Crippen LogP contribution in [-0.4, -0.2) is 53.3 Å². The van der Waals surface area contributed by atoms with Crippen molar-refractivity contribution in [3.63, 3.8) is 0 Å². The molecule has 1 aromatic carbocycles. The van der Waals surface area contributed by atoms with Crippen LogP contribution in [0.1, 0.15) is 48.3 Å². The molecule has 168 valence electrons. The highest BCUT2D eigenvalue weighted by molar-refractivity contribution is 5.88. The molecule has 9 heteroatoms. The van der Waals surface area contributed by atoms with Gasteiger partial charge in [0.15, 0.2) is 0 Å². The van der Waals surface area contributed by atoms with Gasteiger partial charge in [0.25, 0.3) is 0 Å². The molecule has 1 fully saturated rings.